The van der Waals surface area contributed by atoms with Crippen LogP contribution in [0.15, 0.2) is 0 Å². The Labute approximate surface area is 87.9 Å². The first kappa shape index (κ1) is 13.9. The van der Waals surface area contributed by atoms with Crippen LogP contribution in [0.2, 0.25) is 0 Å². The zero-order valence-electron chi connectivity index (χ0n) is 9.63. The van der Waals surface area contributed by atoms with Gasteiger partial charge in [-0.2, -0.15) is 0 Å². The topological polar surface area (TPSA) is 72.3 Å². The fraction of sp³-hybridized carbons (Fsp3) is 1.00. The van der Waals surface area contributed by atoms with Gasteiger partial charge in [0.05, 0.1) is 0 Å². The Morgan fingerprint density at radius 3 is 2.21 bits per heavy atom. The molecular weight excluding hydrogens is 176 g/mol. The molecule has 2 atom stereocenters. The molecule has 3 nitrogen and oxygen atoms in total. The third kappa shape index (κ3) is 5.58. The highest BCUT2D eigenvalue weighted by Crippen LogP contribution is 2.16. The van der Waals surface area contributed by atoms with Crippen molar-refractivity contribution in [2.24, 2.45) is 11.5 Å². The monoisotopic (exact) mass is 202 g/mol. The minimum atomic E-state index is -1.16. The smallest absolute Gasteiger partial charge is 0.128 e. The summed E-state index contributed by atoms with van der Waals surface area (Å²) in [6.45, 7) is 4.24. The first-order valence-electron chi connectivity index (χ1n) is 5.81. The normalized spacial score (nSPS) is 17.8. The Bertz CT molecular complexity index is 137. The molecule has 0 aliphatic carbocycles. The number of nitrogens with two attached hydrogens (primary N) is 2. The molecule has 0 rings (SSSR count). The first-order chi connectivity index (χ1) is 6.54. The molecule has 0 aliphatic rings. The molecule has 0 radical (unpaired) electrons. The van der Waals surface area contributed by atoms with Gasteiger partial charge in [0.25, 0.3) is 0 Å². The lowest BCUT2D eigenvalue weighted by molar-refractivity contribution is 0.00642. The largest absolute Gasteiger partial charge is 0.374 e. The van der Waals surface area contributed by atoms with Crippen molar-refractivity contribution in [3.63, 3.8) is 0 Å². The fourth-order valence-electron chi connectivity index (χ4n) is 1.52. The van der Waals surface area contributed by atoms with E-state index in [1.165, 1.54) is 0 Å². The second-order valence-corrected chi connectivity index (χ2v) is 4.20. The maximum Gasteiger partial charge on any atom is 0.128 e. The zero-order chi connectivity index (χ0) is 11.0. The molecule has 86 valence electrons. The minimum Gasteiger partial charge on any atom is -0.374 e. The Hall–Kier alpha value is -0.120. The third-order valence-corrected chi connectivity index (χ3v) is 2.69. The minimum absolute atomic E-state index is 0.278. The molecule has 0 spiro atoms. The summed E-state index contributed by atoms with van der Waals surface area (Å²) >= 11 is 0. The molecule has 0 bridgehead atoms. The van der Waals surface area contributed by atoms with Crippen LogP contribution in [0.4, 0.5) is 0 Å². The van der Waals surface area contributed by atoms with Crippen molar-refractivity contribution >= 4 is 0 Å². The van der Waals surface area contributed by atoms with Crippen LogP contribution < -0.4 is 11.5 Å². The molecule has 0 saturated carbocycles. The van der Waals surface area contributed by atoms with E-state index in [2.05, 4.69) is 13.8 Å². The van der Waals surface area contributed by atoms with E-state index in [0.717, 1.165) is 38.5 Å². The molecule has 0 saturated heterocycles. The van der Waals surface area contributed by atoms with Gasteiger partial charge >= 0.3 is 0 Å². The summed E-state index contributed by atoms with van der Waals surface area (Å²) < 4.78 is 0. The molecule has 5 N–H and O–H groups in total. The Kier molecular flexibility index (Phi) is 7.15. The molecule has 3 heteroatoms. The average molecular weight is 202 g/mol. The van der Waals surface area contributed by atoms with Gasteiger partial charge in [0.2, 0.25) is 0 Å². The summed E-state index contributed by atoms with van der Waals surface area (Å²) in [5.41, 5.74) is 10.5. The lowest BCUT2D eigenvalue weighted by atomic mass is 9.94. The highest BCUT2D eigenvalue weighted by Gasteiger charge is 2.28. The van der Waals surface area contributed by atoms with Crippen molar-refractivity contribution < 1.29 is 5.11 Å². The van der Waals surface area contributed by atoms with E-state index < -0.39 is 5.72 Å². The summed E-state index contributed by atoms with van der Waals surface area (Å²) in [4.78, 5) is 0. The van der Waals surface area contributed by atoms with Crippen LogP contribution in [0, 0.1) is 0 Å². The number of rotatable bonds is 8. The number of unbranched alkanes of at least 4 members (excludes halogenated alkanes) is 3. The average Bonchev–Trinajstić information content (AvgIpc) is 2.14. The van der Waals surface area contributed by atoms with Gasteiger partial charge in [-0.15, -0.1) is 0 Å². The predicted octanol–water partition coefficient (Wildman–Crippen LogP) is 1.73. The van der Waals surface area contributed by atoms with E-state index in [0.29, 0.717) is 6.42 Å². The van der Waals surface area contributed by atoms with Crippen molar-refractivity contribution in [1.82, 2.24) is 0 Å². The van der Waals surface area contributed by atoms with Crippen molar-refractivity contribution in [2.75, 3.05) is 0 Å². The van der Waals surface area contributed by atoms with E-state index in [1.807, 2.05) is 0 Å². The summed E-state index contributed by atoms with van der Waals surface area (Å²) in [6.07, 6.45) is 6.78. The Morgan fingerprint density at radius 2 is 1.71 bits per heavy atom. The van der Waals surface area contributed by atoms with Crippen molar-refractivity contribution in [1.29, 1.82) is 0 Å². The second kappa shape index (κ2) is 7.21. The quantitative estimate of drug-likeness (QED) is 0.414. The van der Waals surface area contributed by atoms with Crippen LogP contribution >= 0.6 is 0 Å². The van der Waals surface area contributed by atoms with Crippen LogP contribution in [0.1, 0.15) is 58.8 Å². The summed E-state index contributed by atoms with van der Waals surface area (Å²) in [5, 5.41) is 9.89. The fourth-order valence-corrected chi connectivity index (χ4v) is 1.52. The van der Waals surface area contributed by atoms with E-state index in [9.17, 15) is 5.11 Å². The van der Waals surface area contributed by atoms with Crippen LogP contribution in [-0.4, -0.2) is 16.9 Å². The number of aliphatic hydroxyl groups is 1. The SMILES string of the molecule is CCCCCC(N)(O)C(N)CCCC. The molecular formula is C11H26N2O. The molecule has 0 aromatic carbocycles. The van der Waals surface area contributed by atoms with Gasteiger partial charge in [-0.25, -0.2) is 0 Å². The predicted molar refractivity (Wildman–Crippen MR) is 60.8 cm³/mol. The van der Waals surface area contributed by atoms with Crippen molar-refractivity contribution in [3.05, 3.63) is 0 Å². The van der Waals surface area contributed by atoms with Crippen LogP contribution in [0.25, 0.3) is 0 Å². The van der Waals surface area contributed by atoms with Gasteiger partial charge in [0.1, 0.15) is 5.72 Å². The molecule has 0 aromatic rings. The second-order valence-electron chi connectivity index (χ2n) is 4.20. The van der Waals surface area contributed by atoms with Gasteiger partial charge in [-0.1, -0.05) is 39.5 Å². The highest BCUT2D eigenvalue weighted by molar-refractivity contribution is 4.83. The van der Waals surface area contributed by atoms with Gasteiger partial charge in [-0.05, 0) is 19.3 Å². The standard InChI is InChI=1S/C11H26N2O/c1-3-5-7-9-11(13,14)10(12)8-6-4-2/h10,14H,3-9,12-13H2,1-2H3. The van der Waals surface area contributed by atoms with Gasteiger partial charge in [0.15, 0.2) is 0 Å². The van der Waals surface area contributed by atoms with E-state index >= 15 is 0 Å². The van der Waals surface area contributed by atoms with Crippen molar-refractivity contribution in [3.8, 4) is 0 Å². The van der Waals surface area contributed by atoms with Crippen LogP contribution in [-0.2, 0) is 0 Å². The van der Waals surface area contributed by atoms with Crippen LogP contribution in [0.5, 0.6) is 0 Å². The van der Waals surface area contributed by atoms with Gasteiger partial charge in [-0.3, -0.25) is 0 Å². The molecule has 14 heavy (non-hydrogen) atoms. The molecule has 0 aromatic heterocycles. The number of hydrogen-bond donors (Lipinski definition) is 3. The highest BCUT2D eigenvalue weighted by atomic mass is 16.3. The maximum absolute atomic E-state index is 9.89. The van der Waals surface area contributed by atoms with Crippen molar-refractivity contribution in [2.45, 2.75) is 70.6 Å². The van der Waals surface area contributed by atoms with Gasteiger partial charge < -0.3 is 16.6 Å². The van der Waals surface area contributed by atoms with E-state index in [-0.39, 0.29) is 6.04 Å². The Morgan fingerprint density at radius 1 is 1.14 bits per heavy atom. The molecule has 0 aliphatic heterocycles. The summed E-state index contributed by atoms with van der Waals surface area (Å²) in [7, 11) is 0. The summed E-state index contributed by atoms with van der Waals surface area (Å²) in [6, 6.07) is -0.278. The maximum atomic E-state index is 9.89. The lowest BCUT2D eigenvalue weighted by Gasteiger charge is -2.29. The van der Waals surface area contributed by atoms with E-state index in [1.54, 1.807) is 0 Å². The molecule has 0 fully saturated rings. The van der Waals surface area contributed by atoms with Crippen LogP contribution in [0.3, 0.4) is 0 Å². The van der Waals surface area contributed by atoms with Gasteiger partial charge in [0, 0.05) is 6.04 Å². The number of hydrogen-bond acceptors (Lipinski definition) is 3. The van der Waals surface area contributed by atoms with E-state index in [4.69, 9.17) is 11.5 Å². The summed E-state index contributed by atoms with van der Waals surface area (Å²) in [5.74, 6) is 0. The zero-order valence-corrected chi connectivity index (χ0v) is 9.63. The molecule has 0 amide bonds. The first-order valence-corrected chi connectivity index (χ1v) is 5.81. The molecule has 0 heterocycles. The third-order valence-electron chi connectivity index (χ3n) is 2.69. The lowest BCUT2D eigenvalue weighted by Crippen LogP contribution is -2.55. The molecule has 2 unspecified atom stereocenters. The Balaban J connectivity index is 3.77.